The van der Waals surface area contributed by atoms with Crippen molar-refractivity contribution in [3.05, 3.63) is 63.6 Å². The van der Waals surface area contributed by atoms with Gasteiger partial charge in [0.1, 0.15) is 5.82 Å². The van der Waals surface area contributed by atoms with Gasteiger partial charge in [-0.25, -0.2) is 14.2 Å². The van der Waals surface area contributed by atoms with Crippen molar-refractivity contribution in [1.82, 2.24) is 20.1 Å². The molecule has 3 aromatic rings. The minimum absolute atomic E-state index is 0.0628. The third kappa shape index (κ3) is 4.00. The number of halogens is 1. The molecule has 2 N–H and O–H groups in total. The number of rotatable bonds is 4. The maximum Gasteiger partial charge on any atom is 0.319 e. The van der Waals surface area contributed by atoms with Crippen LogP contribution in [-0.2, 0) is 13.0 Å². The third-order valence-electron chi connectivity index (χ3n) is 4.55. The first-order chi connectivity index (χ1) is 13.1. The molecule has 0 saturated heterocycles. The summed E-state index contributed by atoms with van der Waals surface area (Å²) in [5, 5.41) is 11.0. The number of benzene rings is 1. The molecule has 0 aliphatic heterocycles. The number of carbonyl (C=O) groups excluding carboxylic acids is 1. The molecule has 1 atom stereocenters. The number of amides is 2. The fraction of sp³-hybridized carbons (Fsp3) is 0.316. The summed E-state index contributed by atoms with van der Waals surface area (Å²) in [6.07, 6.45) is 6.20. The Kier molecular flexibility index (Phi) is 4.89. The monoisotopic (exact) mass is 385 g/mol. The molecule has 0 fully saturated rings. The van der Waals surface area contributed by atoms with Crippen molar-refractivity contribution in [1.29, 1.82) is 0 Å². The van der Waals surface area contributed by atoms with Crippen LogP contribution in [0.1, 0.15) is 40.0 Å². The van der Waals surface area contributed by atoms with Gasteiger partial charge in [0.2, 0.25) is 0 Å². The minimum Gasteiger partial charge on any atom is -0.329 e. The van der Waals surface area contributed by atoms with E-state index in [4.69, 9.17) is 0 Å². The van der Waals surface area contributed by atoms with Crippen LogP contribution in [0.25, 0.3) is 0 Å². The second kappa shape index (κ2) is 7.48. The molecule has 1 aliphatic rings. The third-order valence-corrected chi connectivity index (χ3v) is 5.59. The van der Waals surface area contributed by atoms with Crippen molar-refractivity contribution in [3.8, 4) is 0 Å². The van der Waals surface area contributed by atoms with Gasteiger partial charge in [0.15, 0.2) is 0 Å². The molecule has 2 heterocycles. The smallest absolute Gasteiger partial charge is 0.319 e. The van der Waals surface area contributed by atoms with Gasteiger partial charge < -0.3 is 10.6 Å². The molecule has 27 heavy (non-hydrogen) atoms. The fourth-order valence-electron chi connectivity index (χ4n) is 3.32. The lowest BCUT2D eigenvalue weighted by Crippen LogP contribution is -2.34. The van der Waals surface area contributed by atoms with Gasteiger partial charge in [-0.2, -0.15) is 5.10 Å². The first-order valence-corrected chi connectivity index (χ1v) is 9.70. The number of urea groups is 1. The number of hydrogen-bond donors (Lipinski definition) is 2. The highest BCUT2D eigenvalue weighted by molar-refractivity contribution is 7.11. The van der Waals surface area contributed by atoms with E-state index in [0.717, 1.165) is 30.0 Å². The van der Waals surface area contributed by atoms with Crippen LogP contribution < -0.4 is 10.6 Å². The number of aryl methyl sites for hydroxylation is 2. The molecular formula is C19H20FN5OS. The van der Waals surface area contributed by atoms with Crippen molar-refractivity contribution < 1.29 is 9.18 Å². The van der Waals surface area contributed by atoms with Crippen molar-refractivity contribution >= 4 is 23.1 Å². The Balaban J connectivity index is 1.38. The van der Waals surface area contributed by atoms with Crippen molar-refractivity contribution in [3.63, 3.8) is 0 Å². The lowest BCUT2D eigenvalue weighted by Gasteiger charge is -2.22. The van der Waals surface area contributed by atoms with Gasteiger partial charge in [0.05, 0.1) is 35.2 Å². The molecule has 4 rings (SSSR count). The normalized spacial score (nSPS) is 16.0. The molecular weight excluding hydrogens is 365 g/mol. The maximum atomic E-state index is 13.7. The summed E-state index contributed by atoms with van der Waals surface area (Å²) < 4.78 is 15.3. The number of anilines is 1. The van der Waals surface area contributed by atoms with E-state index in [-0.39, 0.29) is 17.9 Å². The van der Waals surface area contributed by atoms with E-state index in [1.54, 1.807) is 46.6 Å². The summed E-state index contributed by atoms with van der Waals surface area (Å²) in [6.45, 7) is 2.30. The molecule has 2 amide bonds. The summed E-state index contributed by atoms with van der Waals surface area (Å²) in [5.74, 6) is -0.271. The van der Waals surface area contributed by atoms with Crippen LogP contribution in [0.5, 0.6) is 0 Å². The SMILES string of the molecule is Cc1nc2c(s1)CCC[C@@H]2NC(=O)Nc1cnn(Cc2ccccc2F)c1. The summed E-state index contributed by atoms with van der Waals surface area (Å²) in [4.78, 5) is 18.2. The summed E-state index contributed by atoms with van der Waals surface area (Å²) >= 11 is 1.70. The summed E-state index contributed by atoms with van der Waals surface area (Å²) in [5.41, 5.74) is 2.11. The number of carbonyl (C=O) groups is 1. The summed E-state index contributed by atoms with van der Waals surface area (Å²) in [6, 6.07) is 6.22. The molecule has 0 bridgehead atoms. The quantitative estimate of drug-likeness (QED) is 0.712. The fourth-order valence-corrected chi connectivity index (χ4v) is 4.36. The number of aromatic nitrogens is 3. The van der Waals surface area contributed by atoms with Gasteiger partial charge in [-0.05, 0) is 32.3 Å². The average Bonchev–Trinajstić information content (AvgIpc) is 3.23. The zero-order chi connectivity index (χ0) is 18.8. The second-order valence-electron chi connectivity index (χ2n) is 6.60. The standard InChI is InChI=1S/C19H20FN5OS/c1-12-22-18-16(7-4-8-17(18)27-12)24-19(26)23-14-9-21-25(11-14)10-13-5-2-3-6-15(13)20/h2-3,5-6,9,11,16H,4,7-8,10H2,1H3,(H2,23,24,26)/t16-/m0/s1. The Bertz CT molecular complexity index is 967. The first-order valence-electron chi connectivity index (χ1n) is 8.88. The van der Waals surface area contributed by atoms with Gasteiger partial charge in [-0.15, -0.1) is 11.3 Å². The second-order valence-corrected chi connectivity index (χ2v) is 7.89. The van der Waals surface area contributed by atoms with Gasteiger partial charge in [0.25, 0.3) is 0 Å². The zero-order valence-electron chi connectivity index (χ0n) is 14.9. The first kappa shape index (κ1) is 17.7. The average molecular weight is 385 g/mol. The van der Waals surface area contributed by atoms with Gasteiger partial charge in [0, 0.05) is 16.6 Å². The van der Waals surface area contributed by atoms with Crippen LogP contribution in [0, 0.1) is 12.7 Å². The minimum atomic E-state index is -0.288. The van der Waals surface area contributed by atoms with Crippen LogP contribution in [0.2, 0.25) is 0 Å². The molecule has 1 aliphatic carbocycles. The van der Waals surface area contributed by atoms with E-state index in [1.165, 1.54) is 10.9 Å². The van der Waals surface area contributed by atoms with Gasteiger partial charge in [-0.1, -0.05) is 18.2 Å². The van der Waals surface area contributed by atoms with Crippen LogP contribution in [-0.4, -0.2) is 20.8 Å². The molecule has 0 unspecified atom stereocenters. The topological polar surface area (TPSA) is 71.8 Å². The predicted octanol–water partition coefficient (Wildman–Crippen LogP) is 4.03. The molecule has 0 saturated carbocycles. The van der Waals surface area contributed by atoms with E-state index in [2.05, 4.69) is 20.7 Å². The summed E-state index contributed by atoms with van der Waals surface area (Å²) in [7, 11) is 0. The van der Waals surface area contributed by atoms with Gasteiger partial charge in [-0.3, -0.25) is 4.68 Å². The Morgan fingerprint density at radius 3 is 3.11 bits per heavy atom. The van der Waals surface area contributed by atoms with E-state index < -0.39 is 0 Å². The van der Waals surface area contributed by atoms with E-state index in [9.17, 15) is 9.18 Å². The van der Waals surface area contributed by atoms with Crippen LogP contribution >= 0.6 is 11.3 Å². The Labute approximate surface area is 160 Å². The molecule has 0 radical (unpaired) electrons. The molecule has 2 aromatic heterocycles. The van der Waals surface area contributed by atoms with Crippen LogP contribution in [0.15, 0.2) is 36.7 Å². The lowest BCUT2D eigenvalue weighted by atomic mass is 9.98. The molecule has 8 heteroatoms. The Morgan fingerprint density at radius 1 is 1.41 bits per heavy atom. The van der Waals surface area contributed by atoms with Crippen LogP contribution in [0.4, 0.5) is 14.9 Å². The number of fused-ring (bicyclic) bond motifs is 1. The lowest BCUT2D eigenvalue weighted by molar-refractivity contribution is 0.247. The maximum absolute atomic E-state index is 13.7. The number of nitrogens with one attached hydrogen (secondary N) is 2. The number of thiazole rings is 1. The highest BCUT2D eigenvalue weighted by Crippen LogP contribution is 2.33. The van der Waals surface area contributed by atoms with Crippen molar-refractivity contribution in [2.45, 2.75) is 38.8 Å². The van der Waals surface area contributed by atoms with Gasteiger partial charge >= 0.3 is 6.03 Å². The zero-order valence-corrected chi connectivity index (χ0v) is 15.7. The van der Waals surface area contributed by atoms with E-state index in [0.29, 0.717) is 17.8 Å². The van der Waals surface area contributed by atoms with E-state index >= 15 is 0 Å². The Hall–Kier alpha value is -2.74. The molecule has 140 valence electrons. The largest absolute Gasteiger partial charge is 0.329 e. The molecule has 0 spiro atoms. The van der Waals surface area contributed by atoms with Crippen LogP contribution in [0.3, 0.4) is 0 Å². The highest BCUT2D eigenvalue weighted by atomic mass is 32.1. The predicted molar refractivity (Wildman–Crippen MR) is 102 cm³/mol. The number of nitrogens with zero attached hydrogens (tertiary/aromatic N) is 3. The van der Waals surface area contributed by atoms with Crippen molar-refractivity contribution in [2.24, 2.45) is 0 Å². The Morgan fingerprint density at radius 2 is 2.26 bits per heavy atom. The number of hydrogen-bond acceptors (Lipinski definition) is 4. The molecule has 6 nitrogen and oxygen atoms in total. The highest BCUT2D eigenvalue weighted by Gasteiger charge is 2.25. The molecule has 1 aromatic carbocycles. The van der Waals surface area contributed by atoms with E-state index in [1.807, 2.05) is 6.92 Å². The van der Waals surface area contributed by atoms with Crippen molar-refractivity contribution in [2.75, 3.05) is 5.32 Å².